The Balaban J connectivity index is 2.01. The van der Waals surface area contributed by atoms with E-state index < -0.39 is 0 Å². The number of hydrogen-bond donors (Lipinski definition) is 0. The molecule has 1 aromatic heterocycles. The predicted molar refractivity (Wildman–Crippen MR) is 81.7 cm³/mol. The van der Waals surface area contributed by atoms with Crippen LogP contribution in [-0.4, -0.2) is 11.0 Å². The van der Waals surface area contributed by atoms with Crippen LogP contribution in [0.5, 0.6) is 5.75 Å². The minimum Gasteiger partial charge on any atom is -0.426 e. The summed E-state index contributed by atoms with van der Waals surface area (Å²) in [7, 11) is 0. The Morgan fingerprint density at radius 3 is 2.80 bits per heavy atom. The van der Waals surface area contributed by atoms with Crippen LogP contribution >= 0.6 is 22.9 Å². The number of carbonyl (C=O) groups is 1. The third kappa shape index (κ3) is 3.81. The van der Waals surface area contributed by atoms with E-state index in [1.807, 2.05) is 12.3 Å². The molecule has 0 saturated heterocycles. The summed E-state index contributed by atoms with van der Waals surface area (Å²) in [5.41, 5.74) is 1.60. The molecule has 1 heterocycles. The summed E-state index contributed by atoms with van der Waals surface area (Å²) in [5, 5.41) is 3.57. The summed E-state index contributed by atoms with van der Waals surface area (Å²) in [6, 6.07) is 5.18. The zero-order chi connectivity index (χ0) is 14.7. The fourth-order valence-electron chi connectivity index (χ4n) is 1.70. The molecule has 0 N–H and O–H groups in total. The zero-order valence-corrected chi connectivity index (χ0v) is 13.2. The summed E-state index contributed by atoms with van der Waals surface area (Å²) in [5.74, 6) is 0.609. The first-order chi connectivity index (χ1) is 9.45. The zero-order valence-electron chi connectivity index (χ0n) is 11.6. The second-order valence-corrected chi connectivity index (χ2v) is 6.22. The number of carbonyl (C=O) groups excluding carboxylic acids is 1. The van der Waals surface area contributed by atoms with E-state index in [9.17, 15) is 4.79 Å². The average molecular weight is 310 g/mol. The second-order valence-electron chi connectivity index (χ2n) is 4.89. The molecular formula is C15H16ClNO2S. The standard InChI is InChI=1S/C15H16ClNO2S/c1-9(2)15-17-12(8-20-15)7-14(18)19-13-5-4-11(16)6-10(13)3/h4-6,8-9H,7H2,1-3H3. The van der Waals surface area contributed by atoms with Crippen molar-refractivity contribution in [3.8, 4) is 5.75 Å². The first-order valence-electron chi connectivity index (χ1n) is 6.37. The Hall–Kier alpha value is -1.39. The van der Waals surface area contributed by atoms with Crippen molar-refractivity contribution in [2.45, 2.75) is 33.1 Å². The highest BCUT2D eigenvalue weighted by atomic mass is 35.5. The van der Waals surface area contributed by atoms with Crippen molar-refractivity contribution < 1.29 is 9.53 Å². The molecule has 3 nitrogen and oxygen atoms in total. The summed E-state index contributed by atoms with van der Waals surface area (Å²) in [6.45, 7) is 6.02. The molecule has 1 aromatic carbocycles. The highest BCUT2D eigenvalue weighted by Gasteiger charge is 2.12. The van der Waals surface area contributed by atoms with Gasteiger partial charge in [0.05, 0.1) is 17.1 Å². The third-order valence-electron chi connectivity index (χ3n) is 2.75. The van der Waals surface area contributed by atoms with E-state index in [0.29, 0.717) is 16.7 Å². The minimum absolute atomic E-state index is 0.186. The van der Waals surface area contributed by atoms with E-state index >= 15 is 0 Å². The second kappa shape index (κ2) is 6.37. The Morgan fingerprint density at radius 2 is 2.20 bits per heavy atom. The quantitative estimate of drug-likeness (QED) is 0.621. The molecule has 0 radical (unpaired) electrons. The molecular weight excluding hydrogens is 294 g/mol. The van der Waals surface area contributed by atoms with Crippen molar-refractivity contribution in [3.05, 3.63) is 44.9 Å². The highest BCUT2D eigenvalue weighted by molar-refractivity contribution is 7.09. The van der Waals surface area contributed by atoms with Gasteiger partial charge in [-0.05, 0) is 30.7 Å². The van der Waals surface area contributed by atoms with Crippen molar-refractivity contribution in [2.24, 2.45) is 0 Å². The van der Waals surface area contributed by atoms with E-state index in [1.54, 1.807) is 29.5 Å². The van der Waals surface area contributed by atoms with Gasteiger partial charge in [0.1, 0.15) is 5.75 Å². The lowest BCUT2D eigenvalue weighted by molar-refractivity contribution is -0.133. The van der Waals surface area contributed by atoms with Crippen LogP contribution in [0.25, 0.3) is 0 Å². The van der Waals surface area contributed by atoms with Gasteiger partial charge in [-0.1, -0.05) is 25.4 Å². The minimum atomic E-state index is -0.309. The van der Waals surface area contributed by atoms with Crippen LogP contribution in [0.1, 0.15) is 36.0 Å². The molecule has 20 heavy (non-hydrogen) atoms. The number of rotatable bonds is 4. The van der Waals surface area contributed by atoms with Gasteiger partial charge in [0.2, 0.25) is 0 Å². The van der Waals surface area contributed by atoms with Crippen LogP contribution < -0.4 is 4.74 Å². The van der Waals surface area contributed by atoms with Gasteiger partial charge >= 0.3 is 5.97 Å². The van der Waals surface area contributed by atoms with Crippen LogP contribution in [0.4, 0.5) is 0 Å². The maximum atomic E-state index is 11.9. The first-order valence-corrected chi connectivity index (χ1v) is 7.62. The lowest BCUT2D eigenvalue weighted by Gasteiger charge is -2.06. The van der Waals surface area contributed by atoms with Gasteiger partial charge in [0.15, 0.2) is 0 Å². The van der Waals surface area contributed by atoms with Crippen molar-refractivity contribution >= 4 is 28.9 Å². The smallest absolute Gasteiger partial charge is 0.317 e. The predicted octanol–water partition coefficient (Wildman–Crippen LogP) is 4.38. The molecule has 0 spiro atoms. The molecule has 0 aliphatic rings. The lowest BCUT2D eigenvalue weighted by Crippen LogP contribution is -2.12. The van der Waals surface area contributed by atoms with Crippen molar-refractivity contribution in [1.82, 2.24) is 4.98 Å². The van der Waals surface area contributed by atoms with Gasteiger partial charge in [-0.3, -0.25) is 4.79 Å². The normalized spacial score (nSPS) is 10.8. The van der Waals surface area contributed by atoms with Gasteiger partial charge in [-0.15, -0.1) is 11.3 Å². The molecule has 5 heteroatoms. The number of nitrogens with zero attached hydrogens (tertiary/aromatic N) is 1. The number of aryl methyl sites for hydroxylation is 1. The topological polar surface area (TPSA) is 39.2 Å². The maximum absolute atomic E-state index is 11.9. The number of esters is 1. The molecule has 106 valence electrons. The van der Waals surface area contributed by atoms with E-state index in [4.69, 9.17) is 16.3 Å². The highest BCUT2D eigenvalue weighted by Crippen LogP contribution is 2.23. The van der Waals surface area contributed by atoms with Gasteiger partial charge in [0, 0.05) is 16.3 Å². The Bertz CT molecular complexity index is 622. The number of ether oxygens (including phenoxy) is 1. The molecule has 0 saturated carbocycles. The van der Waals surface area contributed by atoms with Crippen molar-refractivity contribution in [3.63, 3.8) is 0 Å². The summed E-state index contributed by atoms with van der Waals surface area (Å²) >= 11 is 7.44. The molecule has 0 unspecified atom stereocenters. The number of hydrogen-bond acceptors (Lipinski definition) is 4. The number of halogens is 1. The van der Waals surface area contributed by atoms with Gasteiger partial charge in [-0.25, -0.2) is 4.98 Å². The van der Waals surface area contributed by atoms with Crippen LogP contribution in [-0.2, 0) is 11.2 Å². The van der Waals surface area contributed by atoms with Crippen molar-refractivity contribution in [1.29, 1.82) is 0 Å². The molecule has 0 aliphatic heterocycles. The molecule has 2 aromatic rings. The van der Waals surface area contributed by atoms with E-state index in [-0.39, 0.29) is 12.4 Å². The lowest BCUT2D eigenvalue weighted by atomic mass is 10.2. The van der Waals surface area contributed by atoms with Crippen LogP contribution in [0.15, 0.2) is 23.6 Å². The molecule has 0 atom stereocenters. The molecule has 0 fully saturated rings. The fourth-order valence-corrected chi connectivity index (χ4v) is 2.76. The van der Waals surface area contributed by atoms with Crippen LogP contribution in [0, 0.1) is 6.92 Å². The van der Waals surface area contributed by atoms with Gasteiger partial charge in [0.25, 0.3) is 0 Å². The van der Waals surface area contributed by atoms with Gasteiger partial charge < -0.3 is 4.74 Å². The number of aromatic nitrogens is 1. The van der Waals surface area contributed by atoms with E-state index in [0.717, 1.165) is 16.3 Å². The summed E-state index contributed by atoms with van der Waals surface area (Å²) in [4.78, 5) is 16.3. The largest absolute Gasteiger partial charge is 0.426 e. The summed E-state index contributed by atoms with van der Waals surface area (Å²) < 4.78 is 5.34. The van der Waals surface area contributed by atoms with Crippen LogP contribution in [0.3, 0.4) is 0 Å². The van der Waals surface area contributed by atoms with Crippen LogP contribution in [0.2, 0.25) is 5.02 Å². The molecule has 2 rings (SSSR count). The molecule has 0 aliphatic carbocycles. The SMILES string of the molecule is Cc1cc(Cl)ccc1OC(=O)Cc1csc(C(C)C)n1. The van der Waals surface area contributed by atoms with Crippen molar-refractivity contribution in [2.75, 3.05) is 0 Å². The fraction of sp³-hybridized carbons (Fsp3) is 0.333. The monoisotopic (exact) mass is 309 g/mol. The van der Waals surface area contributed by atoms with Gasteiger partial charge in [-0.2, -0.15) is 0 Å². The Labute approximate surface area is 127 Å². The maximum Gasteiger partial charge on any atom is 0.317 e. The first kappa shape index (κ1) is 15.0. The number of benzene rings is 1. The summed E-state index contributed by atoms with van der Waals surface area (Å²) in [6.07, 6.45) is 0.186. The Kier molecular flexibility index (Phi) is 4.78. The molecule has 0 amide bonds. The van der Waals surface area contributed by atoms with E-state index in [1.165, 1.54) is 0 Å². The number of thiazole rings is 1. The third-order valence-corrected chi connectivity index (χ3v) is 4.18. The Morgan fingerprint density at radius 1 is 1.45 bits per heavy atom. The molecule has 0 bridgehead atoms. The van der Waals surface area contributed by atoms with E-state index in [2.05, 4.69) is 18.8 Å². The average Bonchev–Trinajstić information content (AvgIpc) is 2.81.